The van der Waals surface area contributed by atoms with Crippen LogP contribution in [-0.2, 0) is 0 Å². The number of hydrogen-bond donors (Lipinski definition) is 1. The van der Waals surface area contributed by atoms with Crippen molar-refractivity contribution in [1.82, 2.24) is 10.2 Å². The predicted molar refractivity (Wildman–Crippen MR) is 90.5 cm³/mol. The second-order valence-electron chi connectivity index (χ2n) is 6.65. The number of fused-ring (bicyclic) bond motifs is 2. The van der Waals surface area contributed by atoms with Gasteiger partial charge in [-0.2, -0.15) is 0 Å². The summed E-state index contributed by atoms with van der Waals surface area (Å²) in [6, 6.07) is 9.18. The summed E-state index contributed by atoms with van der Waals surface area (Å²) in [5, 5.41) is 3.63. The van der Waals surface area contributed by atoms with E-state index in [1.54, 1.807) is 0 Å². The average molecular weight is 301 g/mol. The van der Waals surface area contributed by atoms with Gasteiger partial charge in [0.15, 0.2) is 0 Å². The van der Waals surface area contributed by atoms with Gasteiger partial charge in [0.05, 0.1) is 0 Å². The summed E-state index contributed by atoms with van der Waals surface area (Å²) >= 11 is 0. The van der Waals surface area contributed by atoms with Crippen LogP contribution in [0, 0.1) is 0 Å². The average Bonchev–Trinajstić information content (AvgIpc) is 2.86. The van der Waals surface area contributed by atoms with Gasteiger partial charge in [-0.15, -0.1) is 0 Å². The maximum Gasteiger partial charge on any atom is 0.253 e. The van der Waals surface area contributed by atoms with Gasteiger partial charge in [-0.3, -0.25) is 4.79 Å². The van der Waals surface area contributed by atoms with E-state index in [1.807, 2.05) is 17.0 Å². The molecule has 0 radical (unpaired) electrons. The molecule has 0 saturated carbocycles. The molecule has 0 aromatic heterocycles. The van der Waals surface area contributed by atoms with Crippen LogP contribution in [0.5, 0.6) is 0 Å². The van der Waals surface area contributed by atoms with Crippen molar-refractivity contribution in [2.75, 3.05) is 31.6 Å². The van der Waals surface area contributed by atoms with Gasteiger partial charge in [-0.05, 0) is 49.9 Å². The van der Waals surface area contributed by atoms with Crippen LogP contribution in [0.1, 0.15) is 43.0 Å². The number of nitrogens with zero attached hydrogens (tertiary/aromatic N) is 2. The summed E-state index contributed by atoms with van der Waals surface area (Å²) in [7, 11) is 2.09. The number of carbonyl (C=O) groups is 1. The molecule has 22 heavy (non-hydrogen) atoms. The Labute approximate surface area is 133 Å². The molecular weight excluding hydrogens is 274 g/mol. The Morgan fingerprint density at radius 1 is 1.23 bits per heavy atom. The van der Waals surface area contributed by atoms with Gasteiger partial charge >= 0.3 is 0 Å². The lowest BCUT2D eigenvalue weighted by Gasteiger charge is -2.25. The highest BCUT2D eigenvalue weighted by Crippen LogP contribution is 2.22. The minimum absolute atomic E-state index is 0.180. The molecule has 0 aliphatic carbocycles. The highest BCUT2D eigenvalue weighted by Gasteiger charge is 2.31. The van der Waals surface area contributed by atoms with Crippen LogP contribution in [0.25, 0.3) is 0 Å². The highest BCUT2D eigenvalue weighted by molar-refractivity contribution is 5.94. The lowest BCUT2D eigenvalue weighted by molar-refractivity contribution is 0.0748. The van der Waals surface area contributed by atoms with E-state index in [1.165, 1.54) is 18.5 Å². The Kier molecular flexibility index (Phi) is 4.67. The number of anilines is 1. The SMILES string of the molecule is CCCN(C)c1ccc(C(=O)N2CCC3CCC(C2)N3)cc1. The van der Waals surface area contributed by atoms with E-state index in [9.17, 15) is 4.79 Å². The van der Waals surface area contributed by atoms with Crippen LogP contribution in [0.2, 0.25) is 0 Å². The minimum Gasteiger partial charge on any atom is -0.375 e. The maximum absolute atomic E-state index is 12.7. The largest absolute Gasteiger partial charge is 0.375 e. The van der Waals surface area contributed by atoms with E-state index in [0.717, 1.165) is 38.0 Å². The number of rotatable bonds is 4. The first-order valence-corrected chi connectivity index (χ1v) is 8.54. The van der Waals surface area contributed by atoms with Crippen molar-refractivity contribution >= 4 is 11.6 Å². The molecule has 4 nitrogen and oxygen atoms in total. The summed E-state index contributed by atoms with van der Waals surface area (Å²) < 4.78 is 0. The van der Waals surface area contributed by atoms with Crippen molar-refractivity contribution in [3.05, 3.63) is 29.8 Å². The summed E-state index contributed by atoms with van der Waals surface area (Å²) in [5.74, 6) is 0.180. The molecule has 1 aromatic rings. The minimum atomic E-state index is 0.180. The molecule has 3 rings (SSSR count). The third-order valence-corrected chi connectivity index (χ3v) is 4.92. The third-order valence-electron chi connectivity index (χ3n) is 4.92. The molecule has 0 spiro atoms. The molecule has 2 bridgehead atoms. The first-order valence-electron chi connectivity index (χ1n) is 8.54. The van der Waals surface area contributed by atoms with Crippen molar-refractivity contribution in [1.29, 1.82) is 0 Å². The van der Waals surface area contributed by atoms with Crippen molar-refractivity contribution < 1.29 is 4.79 Å². The Morgan fingerprint density at radius 3 is 2.68 bits per heavy atom. The maximum atomic E-state index is 12.7. The number of benzene rings is 1. The predicted octanol–water partition coefficient (Wildman–Crippen LogP) is 2.50. The van der Waals surface area contributed by atoms with Crippen molar-refractivity contribution in [3.8, 4) is 0 Å². The van der Waals surface area contributed by atoms with E-state index in [0.29, 0.717) is 12.1 Å². The molecule has 2 fully saturated rings. The standard InChI is InChI=1S/C18H27N3O/c1-3-11-20(2)17-8-4-14(5-9-17)18(22)21-12-10-15-6-7-16(13-21)19-15/h4-5,8-9,15-16,19H,3,6-7,10-13H2,1-2H3. The zero-order valence-electron chi connectivity index (χ0n) is 13.7. The second-order valence-corrected chi connectivity index (χ2v) is 6.65. The fourth-order valence-electron chi connectivity index (χ4n) is 3.63. The first kappa shape index (κ1) is 15.3. The summed E-state index contributed by atoms with van der Waals surface area (Å²) in [4.78, 5) is 17.0. The third kappa shape index (κ3) is 3.27. The van der Waals surface area contributed by atoms with Gasteiger partial charge in [-0.1, -0.05) is 6.92 Å². The second kappa shape index (κ2) is 6.69. The molecule has 1 aromatic carbocycles. The van der Waals surface area contributed by atoms with Gasteiger partial charge in [-0.25, -0.2) is 0 Å². The van der Waals surface area contributed by atoms with Crippen molar-refractivity contribution in [3.63, 3.8) is 0 Å². The fourth-order valence-corrected chi connectivity index (χ4v) is 3.63. The molecule has 2 saturated heterocycles. The highest BCUT2D eigenvalue weighted by atomic mass is 16.2. The van der Waals surface area contributed by atoms with Gasteiger partial charge in [0.2, 0.25) is 0 Å². The summed E-state index contributed by atoms with van der Waals surface area (Å²) in [6.45, 7) is 4.95. The van der Waals surface area contributed by atoms with Crippen LogP contribution < -0.4 is 10.2 Å². The fraction of sp³-hybridized carbons (Fsp3) is 0.611. The van der Waals surface area contributed by atoms with E-state index < -0.39 is 0 Å². The number of nitrogens with one attached hydrogen (secondary N) is 1. The number of carbonyl (C=O) groups excluding carboxylic acids is 1. The Morgan fingerprint density at radius 2 is 1.95 bits per heavy atom. The summed E-state index contributed by atoms with van der Waals surface area (Å²) in [5.41, 5.74) is 1.99. The Hall–Kier alpha value is -1.55. The molecule has 2 aliphatic rings. The van der Waals surface area contributed by atoms with E-state index >= 15 is 0 Å². The molecular formula is C18H27N3O. The number of hydrogen-bond acceptors (Lipinski definition) is 3. The zero-order valence-corrected chi connectivity index (χ0v) is 13.7. The number of likely N-dealkylation sites (tertiary alicyclic amines) is 1. The van der Waals surface area contributed by atoms with Crippen LogP contribution in [0.15, 0.2) is 24.3 Å². The summed E-state index contributed by atoms with van der Waals surface area (Å²) in [6.07, 6.45) is 4.68. The monoisotopic (exact) mass is 301 g/mol. The lowest BCUT2D eigenvalue weighted by Crippen LogP contribution is -2.39. The van der Waals surface area contributed by atoms with Crippen LogP contribution in [0.4, 0.5) is 5.69 Å². The molecule has 2 unspecified atom stereocenters. The zero-order chi connectivity index (χ0) is 15.5. The molecule has 1 N–H and O–H groups in total. The van der Waals surface area contributed by atoms with Crippen LogP contribution >= 0.6 is 0 Å². The molecule has 1 amide bonds. The van der Waals surface area contributed by atoms with E-state index in [2.05, 4.69) is 36.3 Å². The Balaban J connectivity index is 1.66. The molecule has 4 heteroatoms. The van der Waals surface area contributed by atoms with E-state index in [4.69, 9.17) is 0 Å². The normalized spacial score (nSPS) is 24.2. The van der Waals surface area contributed by atoms with Crippen molar-refractivity contribution in [2.45, 2.75) is 44.7 Å². The van der Waals surface area contributed by atoms with E-state index in [-0.39, 0.29) is 5.91 Å². The molecule has 2 atom stereocenters. The van der Waals surface area contributed by atoms with Gasteiger partial charge < -0.3 is 15.1 Å². The smallest absolute Gasteiger partial charge is 0.253 e. The molecule has 2 aliphatic heterocycles. The van der Waals surface area contributed by atoms with Crippen LogP contribution in [-0.4, -0.2) is 49.6 Å². The topological polar surface area (TPSA) is 35.6 Å². The quantitative estimate of drug-likeness (QED) is 0.928. The number of amides is 1. The first-order chi connectivity index (χ1) is 10.7. The molecule has 120 valence electrons. The van der Waals surface area contributed by atoms with Gasteiger partial charge in [0, 0.05) is 50.0 Å². The van der Waals surface area contributed by atoms with Crippen LogP contribution in [0.3, 0.4) is 0 Å². The van der Waals surface area contributed by atoms with Gasteiger partial charge in [0.25, 0.3) is 5.91 Å². The van der Waals surface area contributed by atoms with Gasteiger partial charge in [0.1, 0.15) is 0 Å². The molecule has 2 heterocycles. The lowest BCUT2D eigenvalue weighted by atomic mass is 10.1. The Bertz CT molecular complexity index is 514. The van der Waals surface area contributed by atoms with Crippen molar-refractivity contribution in [2.24, 2.45) is 0 Å².